The number of aliphatic hydroxyl groups excluding tert-OH is 2. The normalized spacial score (nSPS) is 18.3. The number of aliphatic hydroxyl groups is 2. The molecule has 0 aromatic heterocycles. The van der Waals surface area contributed by atoms with Crippen LogP contribution in [0.15, 0.2) is 54.6 Å². The first-order valence-corrected chi connectivity index (χ1v) is 8.97. The van der Waals surface area contributed by atoms with Crippen molar-refractivity contribution in [3.05, 3.63) is 76.9 Å². The molecule has 0 aliphatic heterocycles. The van der Waals surface area contributed by atoms with Crippen molar-refractivity contribution >= 4 is 12.0 Å². The second kappa shape index (κ2) is 8.92. The van der Waals surface area contributed by atoms with Gasteiger partial charge < -0.3 is 15.5 Å². The molecule has 0 fully saturated rings. The zero-order valence-electron chi connectivity index (χ0n) is 14.9. The summed E-state index contributed by atoms with van der Waals surface area (Å²) >= 11 is 0. The molecule has 0 spiro atoms. The molecule has 0 saturated heterocycles. The summed E-state index contributed by atoms with van der Waals surface area (Å²) < 4.78 is 0. The predicted octanol–water partition coefficient (Wildman–Crippen LogP) is 1.88. The molecule has 6 heteroatoms. The summed E-state index contributed by atoms with van der Waals surface area (Å²) in [7, 11) is 0. The van der Waals surface area contributed by atoms with Crippen LogP contribution in [0, 0.1) is 0 Å². The topological polar surface area (TPSA) is 102 Å². The maximum Gasteiger partial charge on any atom is 0.267 e. The minimum atomic E-state index is -0.792. The summed E-state index contributed by atoms with van der Waals surface area (Å²) in [6.45, 7) is -0.168. The Labute approximate surface area is 158 Å². The zero-order valence-corrected chi connectivity index (χ0v) is 14.9. The van der Waals surface area contributed by atoms with Gasteiger partial charge in [0.1, 0.15) is 0 Å². The number of rotatable bonds is 7. The first-order chi connectivity index (χ1) is 13.1. The highest BCUT2D eigenvalue weighted by molar-refractivity contribution is 5.90. The van der Waals surface area contributed by atoms with Gasteiger partial charge in [-0.05, 0) is 41.2 Å². The van der Waals surface area contributed by atoms with E-state index in [0.29, 0.717) is 0 Å². The van der Waals surface area contributed by atoms with Crippen LogP contribution in [0.5, 0.6) is 0 Å². The van der Waals surface area contributed by atoms with E-state index in [2.05, 4.69) is 5.32 Å². The van der Waals surface area contributed by atoms with E-state index in [1.54, 1.807) is 11.6 Å². The molecule has 3 atom stereocenters. The predicted molar refractivity (Wildman–Crippen MR) is 102 cm³/mol. The molecule has 3 rings (SSSR count). The molecule has 2 aromatic carbocycles. The zero-order chi connectivity index (χ0) is 19.2. The minimum Gasteiger partial charge on any atom is -0.395 e. The lowest BCUT2D eigenvalue weighted by Crippen LogP contribution is -2.39. The Balaban J connectivity index is 1.71. The summed E-state index contributed by atoms with van der Waals surface area (Å²) in [5.41, 5.74) is 5.52. The summed E-state index contributed by atoms with van der Waals surface area (Å²) in [5, 5.41) is 32.3. The molecule has 142 valence electrons. The second-order valence-corrected chi connectivity index (χ2v) is 6.67. The van der Waals surface area contributed by atoms with Crippen LogP contribution in [0.2, 0.25) is 0 Å². The Morgan fingerprint density at radius 2 is 2.00 bits per heavy atom. The molecule has 1 amide bonds. The van der Waals surface area contributed by atoms with E-state index in [-0.39, 0.29) is 12.6 Å². The van der Waals surface area contributed by atoms with Crippen LogP contribution < -0.4 is 10.8 Å². The quantitative estimate of drug-likeness (QED) is 0.292. The molecule has 0 saturated carbocycles. The third kappa shape index (κ3) is 4.61. The summed E-state index contributed by atoms with van der Waals surface area (Å²) in [6.07, 6.45) is 3.87. The average Bonchev–Trinajstić information content (AvgIpc) is 3.12. The highest BCUT2D eigenvalue weighted by Crippen LogP contribution is 2.33. The maximum atomic E-state index is 11.1. The lowest BCUT2D eigenvalue weighted by atomic mass is 10.00. The largest absolute Gasteiger partial charge is 0.395 e. The van der Waals surface area contributed by atoms with Crippen LogP contribution in [-0.4, -0.2) is 34.0 Å². The number of fused-ring (bicyclic) bond motifs is 1. The van der Waals surface area contributed by atoms with Gasteiger partial charge in [-0.1, -0.05) is 48.5 Å². The Kier molecular flexibility index (Phi) is 6.36. The molecule has 27 heavy (non-hydrogen) atoms. The summed E-state index contributed by atoms with van der Waals surface area (Å²) in [6, 6.07) is 14.8. The number of nitrogens with one attached hydrogen (secondary N) is 2. The first-order valence-electron chi connectivity index (χ1n) is 8.97. The van der Waals surface area contributed by atoms with Gasteiger partial charge in [0.25, 0.3) is 5.91 Å². The molecule has 1 aliphatic rings. The fraction of sp³-hybridized carbons (Fsp3) is 0.286. The number of hydrogen-bond donors (Lipinski definition) is 5. The Morgan fingerprint density at radius 3 is 2.70 bits per heavy atom. The number of hydroxylamine groups is 1. The van der Waals surface area contributed by atoms with Crippen molar-refractivity contribution < 1.29 is 20.2 Å². The molecule has 0 radical (unpaired) electrons. The lowest BCUT2D eigenvalue weighted by Gasteiger charge is -2.26. The number of aryl methyl sites for hydroxylation is 1. The van der Waals surface area contributed by atoms with Gasteiger partial charge in [-0.3, -0.25) is 10.0 Å². The van der Waals surface area contributed by atoms with Crippen LogP contribution in [0.25, 0.3) is 6.08 Å². The first kappa shape index (κ1) is 19.3. The van der Waals surface area contributed by atoms with Gasteiger partial charge in [-0.25, -0.2) is 5.48 Å². The molecule has 1 aliphatic carbocycles. The Hall–Kier alpha value is -2.51. The SMILES string of the molecule is O=C(C=Cc1ccc2c(c1)CCC2NC(CO)C(O)c1ccccc1)NO. The van der Waals surface area contributed by atoms with Gasteiger partial charge in [0.2, 0.25) is 0 Å². The van der Waals surface area contributed by atoms with E-state index in [1.807, 2.05) is 48.5 Å². The number of carbonyl (C=O) groups is 1. The van der Waals surface area contributed by atoms with Gasteiger partial charge in [-0.2, -0.15) is 0 Å². The number of benzene rings is 2. The highest BCUT2D eigenvalue weighted by Gasteiger charge is 2.28. The van der Waals surface area contributed by atoms with Crippen LogP contribution >= 0.6 is 0 Å². The molecule has 6 nitrogen and oxygen atoms in total. The molecule has 0 heterocycles. The van der Waals surface area contributed by atoms with Crippen LogP contribution in [-0.2, 0) is 11.2 Å². The fourth-order valence-corrected chi connectivity index (χ4v) is 3.51. The molecule has 3 unspecified atom stereocenters. The minimum absolute atomic E-state index is 0.0503. The van der Waals surface area contributed by atoms with E-state index in [4.69, 9.17) is 5.21 Å². The number of carbonyl (C=O) groups excluding carboxylic acids is 1. The van der Waals surface area contributed by atoms with Crippen molar-refractivity contribution in [2.45, 2.75) is 31.0 Å². The highest BCUT2D eigenvalue weighted by atomic mass is 16.5. The van der Waals surface area contributed by atoms with Crippen molar-refractivity contribution in [2.24, 2.45) is 0 Å². The van der Waals surface area contributed by atoms with Crippen LogP contribution in [0.1, 0.15) is 40.8 Å². The van der Waals surface area contributed by atoms with Crippen molar-refractivity contribution in [2.75, 3.05) is 6.61 Å². The number of hydrogen-bond acceptors (Lipinski definition) is 5. The van der Waals surface area contributed by atoms with Crippen molar-refractivity contribution in [1.82, 2.24) is 10.8 Å². The van der Waals surface area contributed by atoms with E-state index in [0.717, 1.165) is 29.5 Å². The van der Waals surface area contributed by atoms with Crippen molar-refractivity contribution in [3.8, 4) is 0 Å². The van der Waals surface area contributed by atoms with Gasteiger partial charge >= 0.3 is 0 Å². The molecular formula is C21H24N2O4. The smallest absolute Gasteiger partial charge is 0.267 e. The molecule has 2 aromatic rings. The van der Waals surface area contributed by atoms with Gasteiger partial charge in [0.05, 0.1) is 18.8 Å². The molecule has 0 bridgehead atoms. The Bertz CT molecular complexity index is 807. The van der Waals surface area contributed by atoms with Gasteiger partial charge in [0.15, 0.2) is 0 Å². The third-order valence-electron chi connectivity index (χ3n) is 4.92. The molecule has 5 N–H and O–H groups in total. The standard InChI is InChI=1S/C21H24N2O4/c24-13-19(21(26)15-4-2-1-3-5-15)22-18-10-8-16-12-14(6-9-17(16)18)7-11-20(25)23-27/h1-7,9,11-12,18-19,21-22,24,26-27H,8,10,13H2,(H,23,25). The molecular weight excluding hydrogens is 344 g/mol. The van der Waals surface area contributed by atoms with E-state index >= 15 is 0 Å². The van der Waals surface area contributed by atoms with Crippen molar-refractivity contribution in [3.63, 3.8) is 0 Å². The maximum absolute atomic E-state index is 11.1. The third-order valence-corrected chi connectivity index (χ3v) is 4.92. The summed E-state index contributed by atoms with van der Waals surface area (Å²) in [4.78, 5) is 11.1. The summed E-state index contributed by atoms with van der Waals surface area (Å²) in [5.74, 6) is -0.573. The monoisotopic (exact) mass is 368 g/mol. The Morgan fingerprint density at radius 1 is 1.22 bits per heavy atom. The van der Waals surface area contributed by atoms with E-state index < -0.39 is 18.1 Å². The average molecular weight is 368 g/mol. The van der Waals surface area contributed by atoms with Crippen molar-refractivity contribution in [1.29, 1.82) is 0 Å². The van der Waals surface area contributed by atoms with Crippen LogP contribution in [0.3, 0.4) is 0 Å². The van der Waals surface area contributed by atoms with Gasteiger partial charge in [0, 0.05) is 12.1 Å². The second-order valence-electron chi connectivity index (χ2n) is 6.67. The van der Waals surface area contributed by atoms with E-state index in [1.165, 1.54) is 11.6 Å². The number of amides is 1. The lowest BCUT2D eigenvalue weighted by molar-refractivity contribution is -0.124. The van der Waals surface area contributed by atoms with E-state index in [9.17, 15) is 15.0 Å². The fourth-order valence-electron chi connectivity index (χ4n) is 3.51. The van der Waals surface area contributed by atoms with Gasteiger partial charge in [-0.15, -0.1) is 0 Å². The van der Waals surface area contributed by atoms with Crippen LogP contribution in [0.4, 0.5) is 0 Å².